The Bertz CT molecular complexity index is 932. The molecule has 0 amide bonds. The van der Waals surface area contributed by atoms with Crippen LogP contribution in [0.2, 0.25) is 0 Å². The third kappa shape index (κ3) is 5.09. The molecule has 0 aliphatic rings. The van der Waals surface area contributed by atoms with E-state index in [0.717, 1.165) is 0 Å². The van der Waals surface area contributed by atoms with Gasteiger partial charge in [0.2, 0.25) is 5.75 Å². The number of benzene rings is 2. The predicted octanol–water partition coefficient (Wildman–Crippen LogP) is 3.70. The van der Waals surface area contributed by atoms with Crippen molar-refractivity contribution in [1.82, 2.24) is 0 Å². The van der Waals surface area contributed by atoms with Gasteiger partial charge in [0.1, 0.15) is 11.5 Å². The van der Waals surface area contributed by atoms with E-state index in [4.69, 9.17) is 28.4 Å². The molecule has 2 aromatic rings. The van der Waals surface area contributed by atoms with Crippen LogP contribution in [0.5, 0.6) is 28.7 Å². The van der Waals surface area contributed by atoms with E-state index >= 15 is 0 Å². The molecule has 7 heteroatoms. The highest BCUT2D eigenvalue weighted by Crippen LogP contribution is 2.42. The number of hydrogen-bond donors (Lipinski definition) is 0. The van der Waals surface area contributed by atoms with Crippen molar-refractivity contribution in [1.29, 1.82) is 0 Å². The molecule has 0 aliphatic carbocycles. The Labute approximate surface area is 176 Å². The molecule has 0 aromatic heterocycles. The lowest BCUT2D eigenvalue weighted by Gasteiger charge is -2.16. The van der Waals surface area contributed by atoms with Crippen LogP contribution in [0.15, 0.2) is 24.3 Å². The van der Waals surface area contributed by atoms with Gasteiger partial charge in [0.15, 0.2) is 11.5 Å². The summed E-state index contributed by atoms with van der Waals surface area (Å²) in [5.74, 6) is 7.67. The summed E-state index contributed by atoms with van der Waals surface area (Å²) in [4.78, 5) is 12.7. The molecule has 2 aromatic carbocycles. The maximum absolute atomic E-state index is 12.7. The van der Waals surface area contributed by atoms with Gasteiger partial charge in [0.25, 0.3) is 0 Å². The quantitative estimate of drug-likeness (QED) is 0.482. The van der Waals surface area contributed by atoms with Crippen LogP contribution in [-0.4, -0.2) is 48.1 Å². The number of methoxy groups -OCH3 is 5. The fourth-order valence-corrected chi connectivity index (χ4v) is 2.73. The van der Waals surface area contributed by atoms with Gasteiger partial charge in [-0.05, 0) is 18.6 Å². The minimum absolute atomic E-state index is 0.223. The van der Waals surface area contributed by atoms with Crippen molar-refractivity contribution in [3.63, 3.8) is 0 Å². The number of carbonyl (C=O) groups is 1. The zero-order valence-electron chi connectivity index (χ0n) is 18.1. The fourth-order valence-electron chi connectivity index (χ4n) is 2.73. The molecule has 0 unspecified atom stereocenters. The van der Waals surface area contributed by atoms with E-state index in [1.807, 2.05) is 6.92 Å². The molecule has 0 spiro atoms. The van der Waals surface area contributed by atoms with Gasteiger partial charge in [-0.25, -0.2) is 4.79 Å². The molecule has 30 heavy (non-hydrogen) atoms. The lowest BCUT2D eigenvalue weighted by molar-refractivity contribution is 0.0504. The average molecular weight is 414 g/mol. The van der Waals surface area contributed by atoms with Gasteiger partial charge in [-0.1, -0.05) is 18.8 Å². The lowest BCUT2D eigenvalue weighted by atomic mass is 10.0. The number of esters is 1. The SMILES string of the molecule is CCCOC(=O)c1cc(OC)c(OC)c(OC)c1C#Cc1cc(OC)cc(OC)c1. The van der Waals surface area contributed by atoms with Crippen molar-refractivity contribution < 1.29 is 33.2 Å². The number of hydrogen-bond acceptors (Lipinski definition) is 7. The Hall–Kier alpha value is -3.53. The molecule has 160 valence electrons. The van der Waals surface area contributed by atoms with Crippen LogP contribution in [0.4, 0.5) is 0 Å². The molecule has 0 radical (unpaired) electrons. The van der Waals surface area contributed by atoms with E-state index in [-0.39, 0.29) is 17.9 Å². The minimum atomic E-state index is -0.524. The first kappa shape index (κ1) is 22.8. The van der Waals surface area contributed by atoms with E-state index in [1.165, 1.54) is 27.4 Å². The first-order valence-corrected chi connectivity index (χ1v) is 9.28. The van der Waals surface area contributed by atoms with Gasteiger partial charge in [0, 0.05) is 17.7 Å². The number of ether oxygens (including phenoxy) is 6. The maximum Gasteiger partial charge on any atom is 0.339 e. The highest BCUT2D eigenvalue weighted by atomic mass is 16.5. The Morgan fingerprint density at radius 3 is 1.93 bits per heavy atom. The van der Waals surface area contributed by atoms with E-state index in [1.54, 1.807) is 32.4 Å². The Morgan fingerprint density at radius 2 is 1.43 bits per heavy atom. The average Bonchev–Trinajstić information content (AvgIpc) is 2.79. The smallest absolute Gasteiger partial charge is 0.339 e. The Balaban J connectivity index is 2.69. The van der Waals surface area contributed by atoms with Crippen LogP contribution in [0.25, 0.3) is 0 Å². The van der Waals surface area contributed by atoms with Gasteiger partial charge < -0.3 is 28.4 Å². The molecule has 0 atom stereocenters. The molecule has 0 fully saturated rings. The van der Waals surface area contributed by atoms with Crippen LogP contribution < -0.4 is 23.7 Å². The molecule has 0 saturated carbocycles. The first-order valence-electron chi connectivity index (χ1n) is 9.28. The Morgan fingerprint density at radius 1 is 0.800 bits per heavy atom. The largest absolute Gasteiger partial charge is 0.497 e. The second-order valence-corrected chi connectivity index (χ2v) is 6.06. The van der Waals surface area contributed by atoms with Crippen molar-refractivity contribution in [3.8, 4) is 40.6 Å². The normalized spacial score (nSPS) is 9.80. The highest BCUT2D eigenvalue weighted by Gasteiger charge is 2.24. The van der Waals surface area contributed by atoms with Crippen LogP contribution in [0, 0.1) is 11.8 Å². The lowest BCUT2D eigenvalue weighted by Crippen LogP contribution is -2.10. The first-order chi connectivity index (χ1) is 14.5. The summed E-state index contributed by atoms with van der Waals surface area (Å²) in [5, 5.41) is 0. The summed E-state index contributed by atoms with van der Waals surface area (Å²) in [6.45, 7) is 2.20. The third-order valence-corrected chi connectivity index (χ3v) is 4.17. The van der Waals surface area contributed by atoms with Gasteiger partial charge in [-0.3, -0.25) is 0 Å². The molecular weight excluding hydrogens is 388 g/mol. The zero-order chi connectivity index (χ0) is 22.1. The summed E-state index contributed by atoms with van der Waals surface area (Å²) in [5.41, 5.74) is 1.19. The second-order valence-electron chi connectivity index (χ2n) is 6.06. The predicted molar refractivity (Wildman–Crippen MR) is 112 cm³/mol. The van der Waals surface area contributed by atoms with E-state index in [2.05, 4.69) is 11.8 Å². The van der Waals surface area contributed by atoms with E-state index in [9.17, 15) is 4.79 Å². The van der Waals surface area contributed by atoms with Crippen molar-refractivity contribution in [2.24, 2.45) is 0 Å². The highest BCUT2D eigenvalue weighted by molar-refractivity contribution is 5.95. The zero-order valence-corrected chi connectivity index (χ0v) is 18.1. The molecule has 0 saturated heterocycles. The van der Waals surface area contributed by atoms with E-state index < -0.39 is 5.97 Å². The standard InChI is InChI=1S/C23H26O7/c1-7-10-30-23(24)19-14-20(27-4)22(29-6)21(28-5)18(19)9-8-15-11-16(25-2)13-17(12-15)26-3/h11-14H,7,10H2,1-6H3. The number of carbonyl (C=O) groups excluding carboxylic acids is 1. The van der Waals surface area contributed by atoms with Gasteiger partial charge in [-0.2, -0.15) is 0 Å². The van der Waals surface area contributed by atoms with Crippen LogP contribution in [-0.2, 0) is 4.74 Å². The van der Waals surface area contributed by atoms with Crippen LogP contribution in [0.1, 0.15) is 34.8 Å². The maximum atomic E-state index is 12.7. The molecule has 2 rings (SSSR count). The summed E-state index contributed by atoms with van der Waals surface area (Å²) in [6, 6.07) is 6.81. The van der Waals surface area contributed by atoms with Gasteiger partial charge in [0.05, 0.1) is 53.3 Å². The topological polar surface area (TPSA) is 72.5 Å². The third-order valence-electron chi connectivity index (χ3n) is 4.17. The molecule has 0 N–H and O–H groups in total. The number of rotatable bonds is 8. The van der Waals surface area contributed by atoms with Gasteiger partial charge in [-0.15, -0.1) is 0 Å². The van der Waals surface area contributed by atoms with Crippen molar-refractivity contribution in [3.05, 3.63) is 41.0 Å². The monoisotopic (exact) mass is 414 g/mol. The van der Waals surface area contributed by atoms with E-state index in [0.29, 0.717) is 40.5 Å². The van der Waals surface area contributed by atoms with Crippen molar-refractivity contribution in [2.75, 3.05) is 42.2 Å². The summed E-state index contributed by atoms with van der Waals surface area (Å²) >= 11 is 0. The Kier molecular flexibility index (Phi) is 8.24. The van der Waals surface area contributed by atoms with Gasteiger partial charge >= 0.3 is 5.97 Å². The van der Waals surface area contributed by atoms with Crippen molar-refractivity contribution in [2.45, 2.75) is 13.3 Å². The molecular formula is C23H26O7. The molecule has 0 bridgehead atoms. The fraction of sp³-hybridized carbons (Fsp3) is 0.348. The second kappa shape index (κ2) is 10.9. The summed E-state index contributed by atoms with van der Waals surface area (Å²) < 4.78 is 32.2. The van der Waals surface area contributed by atoms with Crippen LogP contribution in [0.3, 0.4) is 0 Å². The molecule has 7 nitrogen and oxygen atoms in total. The molecule has 0 heterocycles. The van der Waals surface area contributed by atoms with Crippen LogP contribution >= 0.6 is 0 Å². The minimum Gasteiger partial charge on any atom is -0.497 e. The summed E-state index contributed by atoms with van der Waals surface area (Å²) in [6.07, 6.45) is 0.695. The molecule has 0 aliphatic heterocycles. The van der Waals surface area contributed by atoms with Crippen molar-refractivity contribution >= 4 is 5.97 Å². The summed E-state index contributed by atoms with van der Waals surface area (Å²) in [7, 11) is 7.56.